The Hall–Kier alpha value is -3.02. The monoisotopic (exact) mass is 325 g/mol. The van der Waals surface area contributed by atoms with Gasteiger partial charge in [0.25, 0.3) is 5.91 Å². The summed E-state index contributed by atoms with van der Waals surface area (Å²) < 4.78 is 18.2. The van der Waals surface area contributed by atoms with E-state index in [1.54, 1.807) is 24.3 Å². The van der Waals surface area contributed by atoms with Crippen molar-refractivity contribution in [3.63, 3.8) is 0 Å². The first kappa shape index (κ1) is 15.9. The second-order valence-corrected chi connectivity index (χ2v) is 5.19. The van der Waals surface area contributed by atoms with Gasteiger partial charge in [0.15, 0.2) is 5.82 Å². The van der Waals surface area contributed by atoms with Crippen LogP contribution in [0.1, 0.15) is 29.0 Å². The van der Waals surface area contributed by atoms with Crippen LogP contribution in [0, 0.1) is 5.82 Å². The maximum atomic E-state index is 13.1. The van der Waals surface area contributed by atoms with Gasteiger partial charge in [0.05, 0.1) is 6.54 Å². The molecule has 0 aliphatic heterocycles. The van der Waals surface area contributed by atoms with Gasteiger partial charge in [0.1, 0.15) is 5.82 Å². The topological polar surface area (TPSA) is 68.0 Å². The predicted molar refractivity (Wildman–Crippen MR) is 86.7 cm³/mol. The van der Waals surface area contributed by atoms with Crippen molar-refractivity contribution >= 4 is 5.91 Å². The predicted octanol–water partition coefficient (Wildman–Crippen LogP) is 3.37. The lowest BCUT2D eigenvalue weighted by Gasteiger charge is -2.09. The molecular weight excluding hydrogens is 309 g/mol. The van der Waals surface area contributed by atoms with Gasteiger partial charge in [-0.25, -0.2) is 4.39 Å². The van der Waals surface area contributed by atoms with Crippen molar-refractivity contribution in [2.24, 2.45) is 0 Å². The van der Waals surface area contributed by atoms with Gasteiger partial charge in [0, 0.05) is 12.0 Å². The molecule has 2 aromatic carbocycles. The van der Waals surface area contributed by atoms with Crippen molar-refractivity contribution < 1.29 is 13.7 Å². The van der Waals surface area contributed by atoms with Gasteiger partial charge in [-0.3, -0.25) is 4.79 Å². The number of hydrogen-bond acceptors (Lipinski definition) is 4. The first-order chi connectivity index (χ1) is 11.7. The highest BCUT2D eigenvalue weighted by molar-refractivity contribution is 6.00. The summed E-state index contributed by atoms with van der Waals surface area (Å²) in [5, 5.41) is 6.55. The van der Waals surface area contributed by atoms with E-state index in [1.807, 2.05) is 19.1 Å². The summed E-state index contributed by atoms with van der Waals surface area (Å²) in [5.41, 5.74) is 2.00. The number of benzene rings is 2. The smallest absolute Gasteiger partial charge is 0.252 e. The SMILES string of the molecule is CCc1noc(CNC(=O)c2ccccc2-c2ccc(F)cc2)n1. The minimum atomic E-state index is -0.316. The molecule has 0 spiro atoms. The van der Waals surface area contributed by atoms with Crippen LogP contribution in [0.3, 0.4) is 0 Å². The molecule has 0 aliphatic carbocycles. The molecular formula is C18H16FN3O2. The summed E-state index contributed by atoms with van der Waals surface area (Å²) in [6.07, 6.45) is 0.671. The van der Waals surface area contributed by atoms with Crippen LogP contribution in [0.25, 0.3) is 11.1 Å². The lowest BCUT2D eigenvalue weighted by molar-refractivity contribution is 0.0947. The molecule has 6 heteroatoms. The molecule has 0 saturated heterocycles. The number of aromatic nitrogens is 2. The summed E-state index contributed by atoms with van der Waals surface area (Å²) >= 11 is 0. The van der Waals surface area contributed by atoms with E-state index in [1.165, 1.54) is 12.1 Å². The molecule has 0 fully saturated rings. The van der Waals surface area contributed by atoms with Crippen LogP contribution in [0.15, 0.2) is 53.1 Å². The number of carbonyl (C=O) groups excluding carboxylic acids is 1. The molecule has 0 radical (unpaired) electrons. The first-order valence-electron chi connectivity index (χ1n) is 7.62. The number of nitrogens with zero attached hydrogens (tertiary/aromatic N) is 2. The Morgan fingerprint density at radius 3 is 2.62 bits per heavy atom. The highest BCUT2D eigenvalue weighted by Gasteiger charge is 2.13. The molecule has 0 bridgehead atoms. The minimum absolute atomic E-state index is 0.156. The number of halogens is 1. The third kappa shape index (κ3) is 3.48. The molecule has 1 heterocycles. The molecule has 122 valence electrons. The van der Waals surface area contributed by atoms with E-state index in [-0.39, 0.29) is 18.3 Å². The molecule has 24 heavy (non-hydrogen) atoms. The molecule has 3 aromatic rings. The fourth-order valence-corrected chi connectivity index (χ4v) is 2.32. The van der Waals surface area contributed by atoms with Crippen LogP contribution >= 0.6 is 0 Å². The van der Waals surface area contributed by atoms with Crippen LogP contribution in [-0.2, 0) is 13.0 Å². The maximum Gasteiger partial charge on any atom is 0.252 e. The van der Waals surface area contributed by atoms with E-state index in [9.17, 15) is 9.18 Å². The highest BCUT2D eigenvalue weighted by atomic mass is 19.1. The van der Waals surface area contributed by atoms with E-state index in [2.05, 4.69) is 15.5 Å². The van der Waals surface area contributed by atoms with Crippen molar-refractivity contribution in [1.82, 2.24) is 15.5 Å². The molecule has 5 nitrogen and oxygen atoms in total. The molecule has 0 aliphatic rings. The van der Waals surface area contributed by atoms with Gasteiger partial charge in [-0.2, -0.15) is 4.98 Å². The van der Waals surface area contributed by atoms with Crippen LogP contribution in [0.5, 0.6) is 0 Å². The Bertz CT molecular complexity index is 843. The number of rotatable bonds is 5. The Morgan fingerprint density at radius 1 is 1.17 bits per heavy atom. The molecule has 0 saturated carbocycles. The summed E-state index contributed by atoms with van der Waals surface area (Å²) in [6, 6.07) is 13.2. The Labute approximate surface area is 138 Å². The largest absolute Gasteiger partial charge is 0.343 e. The number of amides is 1. The molecule has 1 aromatic heterocycles. The normalized spacial score (nSPS) is 10.6. The zero-order valence-corrected chi connectivity index (χ0v) is 13.1. The van der Waals surface area contributed by atoms with Crippen molar-refractivity contribution in [3.8, 4) is 11.1 Å². The van der Waals surface area contributed by atoms with E-state index in [0.29, 0.717) is 23.7 Å². The Balaban J connectivity index is 1.78. The van der Waals surface area contributed by atoms with E-state index in [4.69, 9.17) is 4.52 Å². The highest BCUT2D eigenvalue weighted by Crippen LogP contribution is 2.24. The number of nitrogens with one attached hydrogen (secondary N) is 1. The van der Waals surface area contributed by atoms with Gasteiger partial charge in [-0.05, 0) is 29.3 Å². The zero-order valence-electron chi connectivity index (χ0n) is 13.1. The Kier molecular flexibility index (Phi) is 4.65. The first-order valence-corrected chi connectivity index (χ1v) is 7.62. The summed E-state index contributed by atoms with van der Waals surface area (Å²) in [6.45, 7) is 2.08. The fraction of sp³-hybridized carbons (Fsp3) is 0.167. The quantitative estimate of drug-likeness (QED) is 0.781. The standard InChI is InChI=1S/C18H16FN3O2/c1-2-16-21-17(24-22-16)11-20-18(23)15-6-4-3-5-14(15)12-7-9-13(19)10-8-12/h3-10H,2,11H2,1H3,(H,20,23). The lowest BCUT2D eigenvalue weighted by Crippen LogP contribution is -2.23. The van der Waals surface area contributed by atoms with E-state index in [0.717, 1.165) is 11.1 Å². The average molecular weight is 325 g/mol. The van der Waals surface area contributed by atoms with Crippen molar-refractivity contribution in [3.05, 3.63) is 71.6 Å². The summed E-state index contributed by atoms with van der Waals surface area (Å²) in [4.78, 5) is 16.6. The molecule has 1 N–H and O–H groups in total. The van der Waals surface area contributed by atoms with Gasteiger partial charge in [0.2, 0.25) is 5.89 Å². The molecule has 1 amide bonds. The number of hydrogen-bond donors (Lipinski definition) is 1. The second-order valence-electron chi connectivity index (χ2n) is 5.19. The van der Waals surface area contributed by atoms with Crippen molar-refractivity contribution in [2.45, 2.75) is 19.9 Å². The number of carbonyl (C=O) groups is 1. The summed E-state index contributed by atoms with van der Waals surface area (Å²) in [5.74, 6) is 0.389. The van der Waals surface area contributed by atoms with Crippen LogP contribution in [0.4, 0.5) is 4.39 Å². The van der Waals surface area contributed by atoms with Crippen LogP contribution in [-0.4, -0.2) is 16.0 Å². The van der Waals surface area contributed by atoms with Gasteiger partial charge in [-0.15, -0.1) is 0 Å². The molecule has 0 atom stereocenters. The van der Waals surface area contributed by atoms with Crippen molar-refractivity contribution in [1.29, 1.82) is 0 Å². The van der Waals surface area contributed by atoms with Crippen LogP contribution in [0.2, 0.25) is 0 Å². The van der Waals surface area contributed by atoms with E-state index < -0.39 is 0 Å². The molecule has 0 unspecified atom stereocenters. The maximum absolute atomic E-state index is 13.1. The van der Waals surface area contributed by atoms with Crippen molar-refractivity contribution in [2.75, 3.05) is 0 Å². The van der Waals surface area contributed by atoms with Crippen LogP contribution < -0.4 is 5.32 Å². The average Bonchev–Trinajstić information content (AvgIpc) is 3.08. The van der Waals surface area contributed by atoms with Gasteiger partial charge < -0.3 is 9.84 Å². The third-order valence-corrected chi connectivity index (χ3v) is 3.55. The van der Waals surface area contributed by atoms with Gasteiger partial charge >= 0.3 is 0 Å². The minimum Gasteiger partial charge on any atom is -0.343 e. The lowest BCUT2D eigenvalue weighted by atomic mass is 9.99. The second kappa shape index (κ2) is 7.04. The van der Waals surface area contributed by atoms with Gasteiger partial charge in [-0.1, -0.05) is 42.4 Å². The zero-order chi connectivity index (χ0) is 16.9. The fourth-order valence-electron chi connectivity index (χ4n) is 2.32. The van der Waals surface area contributed by atoms with E-state index >= 15 is 0 Å². The molecule has 3 rings (SSSR count). The Morgan fingerprint density at radius 2 is 1.92 bits per heavy atom. The summed E-state index contributed by atoms with van der Waals surface area (Å²) in [7, 11) is 0. The number of aryl methyl sites for hydroxylation is 1. The third-order valence-electron chi connectivity index (χ3n) is 3.55.